The predicted octanol–water partition coefficient (Wildman–Crippen LogP) is 7.24. The van der Waals surface area contributed by atoms with Crippen molar-refractivity contribution in [3.63, 3.8) is 0 Å². The van der Waals surface area contributed by atoms with Gasteiger partial charge in [-0.15, -0.1) is 0 Å². The first-order valence-electron chi connectivity index (χ1n) is 15.1. The Morgan fingerprint density at radius 2 is 1.59 bits per heavy atom. The van der Waals surface area contributed by atoms with Gasteiger partial charge in [0, 0.05) is 51.7 Å². The van der Waals surface area contributed by atoms with E-state index in [9.17, 15) is 4.79 Å². The number of carbonyl (C=O) groups is 1. The monoisotopic (exact) mass is 529 g/mol. The van der Waals surface area contributed by atoms with Gasteiger partial charge >= 0.3 is 0 Å². The lowest BCUT2D eigenvalue weighted by molar-refractivity contribution is 0.0289. The SMILES string of the molecule is CC.Cc1cc(-c2ccc3ncc(C(=O)C4CC4)c(N4CCC(CN5CCOCC5)CC4)c3c2)cc(C)c1C.[HH]. The quantitative estimate of drug-likeness (QED) is 0.315. The summed E-state index contributed by atoms with van der Waals surface area (Å²) >= 11 is 0. The fourth-order valence-electron chi connectivity index (χ4n) is 6.13. The number of Topliss-reactive ketones (excluding diaryl/α,β-unsaturated/α-hetero) is 1. The van der Waals surface area contributed by atoms with Crippen LogP contribution >= 0.6 is 0 Å². The second kappa shape index (κ2) is 12.2. The molecule has 3 aromatic rings. The first-order chi connectivity index (χ1) is 19.0. The molecular weight excluding hydrogens is 482 g/mol. The Labute approximate surface area is 236 Å². The summed E-state index contributed by atoms with van der Waals surface area (Å²) in [6.45, 7) is 17.5. The highest BCUT2D eigenvalue weighted by Gasteiger charge is 2.34. The smallest absolute Gasteiger partial charge is 0.169 e. The van der Waals surface area contributed by atoms with E-state index in [1.165, 1.54) is 34.4 Å². The van der Waals surface area contributed by atoms with Crippen LogP contribution in [0.1, 0.15) is 68.0 Å². The highest BCUT2D eigenvalue weighted by Crippen LogP contribution is 2.40. The van der Waals surface area contributed by atoms with E-state index in [2.05, 4.69) is 60.9 Å². The highest BCUT2D eigenvalue weighted by molar-refractivity contribution is 6.10. The number of hydrogen-bond donors (Lipinski definition) is 0. The van der Waals surface area contributed by atoms with Crippen LogP contribution in [-0.4, -0.2) is 61.6 Å². The maximum absolute atomic E-state index is 13.4. The van der Waals surface area contributed by atoms with Crippen molar-refractivity contribution < 1.29 is 11.0 Å². The normalized spacial score (nSPS) is 18.6. The number of aromatic nitrogens is 1. The molecule has 6 rings (SSSR count). The lowest BCUT2D eigenvalue weighted by Crippen LogP contribution is -2.43. The van der Waals surface area contributed by atoms with Crippen LogP contribution in [0.5, 0.6) is 0 Å². The van der Waals surface area contributed by atoms with Crippen LogP contribution in [-0.2, 0) is 4.74 Å². The molecule has 5 heteroatoms. The Morgan fingerprint density at radius 3 is 2.23 bits per heavy atom. The number of piperidine rings is 1. The molecule has 0 spiro atoms. The summed E-state index contributed by atoms with van der Waals surface area (Å²) in [5, 5.41) is 1.12. The van der Waals surface area contributed by atoms with E-state index in [0.717, 1.165) is 87.2 Å². The molecule has 0 amide bonds. The van der Waals surface area contributed by atoms with Crippen LogP contribution in [0.2, 0.25) is 0 Å². The zero-order chi connectivity index (χ0) is 27.5. The van der Waals surface area contributed by atoms with Crippen molar-refractivity contribution >= 4 is 22.4 Å². The molecule has 2 aromatic carbocycles. The number of rotatable bonds is 6. The second-order valence-electron chi connectivity index (χ2n) is 11.5. The number of pyridine rings is 1. The Balaban J connectivity index is 0.00000121. The van der Waals surface area contributed by atoms with Gasteiger partial charge in [0.05, 0.1) is 30.0 Å². The second-order valence-corrected chi connectivity index (χ2v) is 11.5. The number of ether oxygens (including phenoxy) is 1. The van der Waals surface area contributed by atoms with Gasteiger partial charge in [0.1, 0.15) is 0 Å². The van der Waals surface area contributed by atoms with Gasteiger partial charge in [0.2, 0.25) is 0 Å². The Kier molecular flexibility index (Phi) is 8.68. The van der Waals surface area contributed by atoms with E-state index in [4.69, 9.17) is 9.72 Å². The lowest BCUT2D eigenvalue weighted by Gasteiger charge is -2.38. The third-order valence-corrected chi connectivity index (χ3v) is 8.86. The van der Waals surface area contributed by atoms with Crippen LogP contribution < -0.4 is 4.90 Å². The summed E-state index contributed by atoms with van der Waals surface area (Å²) < 4.78 is 5.54. The van der Waals surface area contributed by atoms with Crippen LogP contribution in [0, 0.1) is 32.6 Å². The molecule has 0 N–H and O–H groups in total. The molecule has 0 atom stereocenters. The molecule has 3 fully saturated rings. The molecule has 2 saturated heterocycles. The van der Waals surface area contributed by atoms with Crippen molar-refractivity contribution in [3.05, 3.63) is 58.8 Å². The minimum atomic E-state index is 0. The van der Waals surface area contributed by atoms with E-state index >= 15 is 0 Å². The average molecular weight is 530 g/mol. The lowest BCUT2D eigenvalue weighted by atomic mass is 9.92. The van der Waals surface area contributed by atoms with Crippen molar-refractivity contribution in [2.24, 2.45) is 11.8 Å². The fraction of sp³-hybridized carbons (Fsp3) is 0.529. The number of benzene rings is 2. The van der Waals surface area contributed by atoms with Crippen LogP contribution in [0.3, 0.4) is 0 Å². The Hall–Kier alpha value is -2.76. The number of morpholine rings is 1. The number of carbonyl (C=O) groups excluding carboxylic acids is 1. The third-order valence-electron chi connectivity index (χ3n) is 8.86. The molecule has 39 heavy (non-hydrogen) atoms. The molecule has 2 aliphatic heterocycles. The maximum atomic E-state index is 13.4. The molecular formula is C34H47N3O2. The molecule has 1 aliphatic carbocycles. The average Bonchev–Trinajstić information content (AvgIpc) is 3.82. The number of aryl methyl sites for hydroxylation is 2. The van der Waals surface area contributed by atoms with Crippen LogP contribution in [0.15, 0.2) is 36.5 Å². The number of nitrogens with zero attached hydrogens (tertiary/aromatic N) is 3. The molecule has 0 unspecified atom stereocenters. The first kappa shape index (κ1) is 27.8. The van der Waals surface area contributed by atoms with Crippen LogP contribution in [0.4, 0.5) is 5.69 Å². The molecule has 0 radical (unpaired) electrons. The molecule has 0 bridgehead atoms. The Morgan fingerprint density at radius 1 is 0.923 bits per heavy atom. The van der Waals surface area contributed by atoms with Crippen molar-refractivity contribution in [1.82, 2.24) is 9.88 Å². The standard InChI is InChI=1S/C32H39N3O2.C2H6.H2/c1-21-16-27(17-22(2)23(21)3)26-6-7-30-28(18-26)31(29(19-33-30)32(36)25-4-5-25)35-10-8-24(9-11-35)20-34-12-14-37-15-13-34;1-2;/h6-7,16-19,24-25H,4-5,8-15,20H2,1-3H3;1-2H3;1H. The van der Waals surface area contributed by atoms with Gasteiger partial charge in [-0.2, -0.15) is 0 Å². The van der Waals surface area contributed by atoms with E-state index in [1.807, 2.05) is 20.0 Å². The molecule has 210 valence electrons. The minimum absolute atomic E-state index is 0. The molecule has 3 aliphatic rings. The van der Waals surface area contributed by atoms with Gasteiger partial charge in [-0.1, -0.05) is 32.0 Å². The van der Waals surface area contributed by atoms with Crippen molar-refractivity contribution in [1.29, 1.82) is 0 Å². The van der Waals surface area contributed by atoms with Gasteiger partial charge in [0.25, 0.3) is 0 Å². The maximum Gasteiger partial charge on any atom is 0.169 e. The Bertz CT molecular complexity index is 1300. The van der Waals surface area contributed by atoms with Crippen molar-refractivity contribution in [2.45, 2.75) is 60.3 Å². The van der Waals surface area contributed by atoms with E-state index in [0.29, 0.717) is 5.92 Å². The number of ketones is 1. The van der Waals surface area contributed by atoms with Gasteiger partial charge in [-0.3, -0.25) is 14.7 Å². The van der Waals surface area contributed by atoms with Crippen molar-refractivity contribution in [3.8, 4) is 11.1 Å². The highest BCUT2D eigenvalue weighted by atomic mass is 16.5. The summed E-state index contributed by atoms with van der Waals surface area (Å²) in [5.74, 6) is 1.17. The summed E-state index contributed by atoms with van der Waals surface area (Å²) in [6, 6.07) is 11.2. The summed E-state index contributed by atoms with van der Waals surface area (Å²) in [7, 11) is 0. The zero-order valence-corrected chi connectivity index (χ0v) is 24.6. The fourth-order valence-corrected chi connectivity index (χ4v) is 6.13. The topological polar surface area (TPSA) is 45.7 Å². The van der Waals surface area contributed by atoms with E-state index in [-0.39, 0.29) is 13.1 Å². The number of fused-ring (bicyclic) bond motifs is 1. The minimum Gasteiger partial charge on any atom is -0.379 e. The predicted molar refractivity (Wildman–Crippen MR) is 164 cm³/mol. The zero-order valence-electron chi connectivity index (χ0n) is 24.6. The first-order valence-corrected chi connectivity index (χ1v) is 15.1. The third kappa shape index (κ3) is 6.05. The number of anilines is 1. The van der Waals surface area contributed by atoms with E-state index < -0.39 is 0 Å². The summed E-state index contributed by atoms with van der Waals surface area (Å²) in [6.07, 6.45) is 6.21. The van der Waals surface area contributed by atoms with Gasteiger partial charge < -0.3 is 9.64 Å². The largest absolute Gasteiger partial charge is 0.379 e. The van der Waals surface area contributed by atoms with E-state index in [1.54, 1.807) is 0 Å². The molecule has 5 nitrogen and oxygen atoms in total. The molecule has 3 heterocycles. The van der Waals surface area contributed by atoms with Crippen molar-refractivity contribution in [2.75, 3.05) is 50.8 Å². The number of hydrogen-bond acceptors (Lipinski definition) is 5. The van der Waals surface area contributed by atoms with Gasteiger partial charge in [-0.05, 0) is 92.3 Å². The summed E-state index contributed by atoms with van der Waals surface area (Å²) in [4.78, 5) is 23.3. The van der Waals surface area contributed by atoms with Crippen LogP contribution in [0.25, 0.3) is 22.0 Å². The van der Waals surface area contributed by atoms with Gasteiger partial charge in [-0.25, -0.2) is 0 Å². The summed E-state index contributed by atoms with van der Waals surface area (Å²) in [5.41, 5.74) is 9.33. The molecule has 1 aromatic heterocycles. The van der Waals surface area contributed by atoms with Gasteiger partial charge in [0.15, 0.2) is 5.78 Å². The molecule has 1 saturated carbocycles.